The predicted molar refractivity (Wildman–Crippen MR) is 127 cm³/mol. The minimum Gasteiger partial charge on any atom is -0.434 e. The molecule has 2 N–H and O–H groups in total. The summed E-state index contributed by atoms with van der Waals surface area (Å²) in [6.45, 7) is -2.31. The van der Waals surface area contributed by atoms with E-state index in [4.69, 9.17) is 4.74 Å². The highest BCUT2D eigenvalue weighted by Crippen LogP contribution is 2.53. The Hall–Kier alpha value is -4.03. The number of alkyl halides is 2. The summed E-state index contributed by atoms with van der Waals surface area (Å²) in [5.74, 6) is -1.55. The first kappa shape index (κ1) is 24.3. The van der Waals surface area contributed by atoms with Gasteiger partial charge in [0.25, 0.3) is 5.91 Å². The monoisotopic (exact) mass is 525 g/mol. The van der Waals surface area contributed by atoms with Crippen molar-refractivity contribution in [3.8, 4) is 16.9 Å². The number of pyridine rings is 1. The molecule has 196 valence electrons. The molecule has 1 amide bonds. The molecule has 3 aromatic heterocycles. The zero-order chi connectivity index (χ0) is 26.9. The SMILES string of the molecule is CN1C(=O)c2cccc(OC(F)F)c2[C@H]2C[C@@H]1c1nn3cc(F)c(-c4cnc([C@@](C)(O)CO)nc4)cc3c12. The van der Waals surface area contributed by atoms with E-state index in [2.05, 4.69) is 15.1 Å². The standard InChI is InChI=1S/C26H22F3N5O4/c1-26(37,11-35)24-30-8-12(9-31-24)14-6-17-21-15-7-18(22(21)32-34(17)10-16(14)27)33(2)23(36)13-4-3-5-19(20(13)15)38-25(28)29/h3-6,8-10,15,18,25,35,37H,7,11H2,1-2H3/t15-,18-,26+/m1/s1. The zero-order valence-electron chi connectivity index (χ0n) is 20.3. The van der Waals surface area contributed by atoms with Gasteiger partial charge < -0.3 is 19.8 Å². The molecule has 0 radical (unpaired) electrons. The van der Waals surface area contributed by atoms with Crippen LogP contribution in [0.1, 0.15) is 58.3 Å². The fraction of sp³-hybridized carbons (Fsp3) is 0.308. The number of carbonyl (C=O) groups excluding carboxylic acids is 1. The number of aliphatic hydroxyl groups excluding tert-OH is 1. The van der Waals surface area contributed by atoms with E-state index < -0.39 is 36.6 Å². The van der Waals surface area contributed by atoms with Gasteiger partial charge in [0.15, 0.2) is 5.82 Å². The van der Waals surface area contributed by atoms with Gasteiger partial charge in [0.1, 0.15) is 17.2 Å². The maximum Gasteiger partial charge on any atom is 0.387 e. The Labute approximate surface area is 214 Å². The first-order chi connectivity index (χ1) is 18.1. The predicted octanol–water partition coefficient (Wildman–Crippen LogP) is 3.39. The Morgan fingerprint density at radius 2 is 1.95 bits per heavy atom. The van der Waals surface area contributed by atoms with Crippen LogP contribution in [0.5, 0.6) is 5.75 Å². The first-order valence-electron chi connectivity index (χ1n) is 11.8. The van der Waals surface area contributed by atoms with Crippen LogP contribution in [0.2, 0.25) is 0 Å². The molecule has 0 saturated carbocycles. The van der Waals surface area contributed by atoms with Crippen molar-refractivity contribution in [3.05, 3.63) is 76.9 Å². The lowest BCUT2D eigenvalue weighted by Gasteiger charge is -2.23. The Kier molecular flexibility index (Phi) is 5.44. The summed E-state index contributed by atoms with van der Waals surface area (Å²) in [5.41, 5.74) is 1.25. The van der Waals surface area contributed by atoms with Crippen molar-refractivity contribution in [2.24, 2.45) is 0 Å². The lowest BCUT2D eigenvalue weighted by Crippen LogP contribution is -2.30. The fourth-order valence-corrected chi connectivity index (χ4v) is 5.42. The van der Waals surface area contributed by atoms with Gasteiger partial charge in [-0.2, -0.15) is 13.9 Å². The molecule has 38 heavy (non-hydrogen) atoms. The lowest BCUT2D eigenvalue weighted by atomic mass is 9.88. The quantitative estimate of drug-likeness (QED) is 0.411. The van der Waals surface area contributed by atoms with Crippen LogP contribution in [0, 0.1) is 5.82 Å². The molecule has 6 rings (SSSR count). The molecule has 9 nitrogen and oxygen atoms in total. The maximum absolute atomic E-state index is 15.3. The summed E-state index contributed by atoms with van der Waals surface area (Å²) < 4.78 is 48.0. The van der Waals surface area contributed by atoms with Crippen LogP contribution in [0.25, 0.3) is 16.6 Å². The number of nitrogens with zero attached hydrogens (tertiary/aromatic N) is 5. The number of fused-ring (bicyclic) bond motifs is 9. The molecular weight excluding hydrogens is 503 g/mol. The second kappa shape index (κ2) is 8.50. The van der Waals surface area contributed by atoms with Gasteiger partial charge in [-0.15, -0.1) is 0 Å². The van der Waals surface area contributed by atoms with Gasteiger partial charge >= 0.3 is 6.61 Å². The second-order valence-electron chi connectivity index (χ2n) is 9.71. The highest BCUT2D eigenvalue weighted by Gasteiger charge is 2.46. The van der Waals surface area contributed by atoms with Gasteiger partial charge in [-0.05, 0) is 31.5 Å². The van der Waals surface area contributed by atoms with E-state index in [1.54, 1.807) is 19.2 Å². The van der Waals surface area contributed by atoms with Gasteiger partial charge in [0, 0.05) is 53.2 Å². The van der Waals surface area contributed by atoms with Crippen LogP contribution in [0.3, 0.4) is 0 Å². The number of halogens is 3. The number of aliphatic hydroxyl groups is 2. The molecule has 1 aromatic carbocycles. The lowest BCUT2D eigenvalue weighted by molar-refractivity contribution is -0.0505. The summed E-state index contributed by atoms with van der Waals surface area (Å²) >= 11 is 0. The molecule has 3 atom stereocenters. The van der Waals surface area contributed by atoms with Crippen molar-refractivity contribution in [1.29, 1.82) is 0 Å². The molecule has 12 heteroatoms. The number of rotatable bonds is 5. The Morgan fingerprint density at radius 1 is 1.21 bits per heavy atom. The molecule has 4 heterocycles. The third kappa shape index (κ3) is 3.55. The van der Waals surface area contributed by atoms with Crippen LogP contribution in [0.15, 0.2) is 42.9 Å². The normalized spacial score (nSPS) is 19.9. The van der Waals surface area contributed by atoms with Gasteiger partial charge in [0.05, 0.1) is 30.1 Å². The van der Waals surface area contributed by atoms with E-state index in [1.165, 1.54) is 47.1 Å². The van der Waals surface area contributed by atoms with Crippen molar-refractivity contribution < 1.29 is 32.9 Å². The van der Waals surface area contributed by atoms with Gasteiger partial charge in [-0.3, -0.25) is 4.79 Å². The Morgan fingerprint density at radius 3 is 2.63 bits per heavy atom. The third-order valence-electron chi connectivity index (χ3n) is 7.31. The fourth-order valence-electron chi connectivity index (χ4n) is 5.42. The molecule has 1 aliphatic heterocycles. The highest BCUT2D eigenvalue weighted by molar-refractivity contribution is 5.98. The number of hydrogen-bond acceptors (Lipinski definition) is 7. The number of aromatic nitrogens is 4. The second-order valence-corrected chi connectivity index (χ2v) is 9.71. The van der Waals surface area contributed by atoms with Crippen molar-refractivity contribution in [2.75, 3.05) is 13.7 Å². The number of benzene rings is 1. The maximum atomic E-state index is 15.3. The van der Waals surface area contributed by atoms with Crippen LogP contribution in [-0.2, 0) is 5.60 Å². The third-order valence-corrected chi connectivity index (χ3v) is 7.31. The van der Waals surface area contributed by atoms with E-state index in [1.807, 2.05) is 0 Å². The molecule has 4 aromatic rings. The van der Waals surface area contributed by atoms with E-state index in [0.29, 0.717) is 34.3 Å². The number of hydrogen-bond donors (Lipinski definition) is 2. The minimum atomic E-state index is -3.08. The summed E-state index contributed by atoms with van der Waals surface area (Å²) in [6, 6.07) is 5.64. The van der Waals surface area contributed by atoms with Crippen molar-refractivity contribution in [1.82, 2.24) is 24.5 Å². The average molecular weight is 525 g/mol. The molecule has 0 spiro atoms. The number of amides is 1. The summed E-state index contributed by atoms with van der Waals surface area (Å²) in [6.07, 6.45) is 4.31. The van der Waals surface area contributed by atoms with Crippen molar-refractivity contribution in [2.45, 2.75) is 37.5 Å². The summed E-state index contributed by atoms with van der Waals surface area (Å²) in [4.78, 5) is 23.0. The Bertz CT molecular complexity index is 1590. The number of ether oxygens (including phenoxy) is 1. The summed E-state index contributed by atoms with van der Waals surface area (Å²) in [7, 11) is 1.63. The van der Waals surface area contributed by atoms with E-state index in [-0.39, 0.29) is 28.6 Å². The van der Waals surface area contributed by atoms with Crippen molar-refractivity contribution >= 4 is 11.4 Å². The van der Waals surface area contributed by atoms with E-state index >= 15 is 4.39 Å². The molecular formula is C26H22F3N5O4. The largest absolute Gasteiger partial charge is 0.434 e. The molecule has 0 unspecified atom stereocenters. The zero-order valence-corrected chi connectivity index (χ0v) is 20.3. The van der Waals surface area contributed by atoms with E-state index in [9.17, 15) is 23.8 Å². The van der Waals surface area contributed by atoms with Gasteiger partial charge in [0.2, 0.25) is 0 Å². The molecule has 0 saturated heterocycles. The van der Waals surface area contributed by atoms with Crippen LogP contribution in [-0.4, -0.2) is 60.9 Å². The first-order valence-corrected chi connectivity index (χ1v) is 11.8. The highest BCUT2D eigenvalue weighted by atomic mass is 19.3. The van der Waals surface area contributed by atoms with Crippen LogP contribution in [0.4, 0.5) is 13.2 Å². The molecule has 0 fully saturated rings. The summed E-state index contributed by atoms with van der Waals surface area (Å²) in [5, 5.41) is 24.1. The topological polar surface area (TPSA) is 113 Å². The Balaban J connectivity index is 1.53. The average Bonchev–Trinajstić information content (AvgIpc) is 3.40. The minimum absolute atomic E-state index is 0.0172. The van der Waals surface area contributed by atoms with Gasteiger partial charge in [-0.25, -0.2) is 18.9 Å². The van der Waals surface area contributed by atoms with Crippen LogP contribution < -0.4 is 4.74 Å². The molecule has 1 aliphatic carbocycles. The molecule has 2 aliphatic rings. The van der Waals surface area contributed by atoms with Crippen LogP contribution >= 0.6 is 0 Å². The van der Waals surface area contributed by atoms with E-state index in [0.717, 1.165) is 0 Å². The van der Waals surface area contributed by atoms with Gasteiger partial charge in [-0.1, -0.05) is 6.07 Å². The molecule has 2 bridgehead atoms. The smallest absolute Gasteiger partial charge is 0.387 e. The number of carbonyl (C=O) groups is 1. The van der Waals surface area contributed by atoms with Crippen molar-refractivity contribution in [3.63, 3.8) is 0 Å².